The van der Waals surface area contributed by atoms with Gasteiger partial charge in [0.2, 0.25) is 0 Å². The number of halogens is 3. The standard InChI is InChI=1S/C7H15N.CHF3O3S/c1-3-7-4-5-8(2)6-7;2-1(3,4)8(5,6)7/h7H,3-6H2,1-2H3;(H,5,6,7). The van der Waals surface area contributed by atoms with E-state index in [0.29, 0.717) is 0 Å². The van der Waals surface area contributed by atoms with E-state index in [-0.39, 0.29) is 0 Å². The number of likely N-dealkylation sites (tertiary alicyclic amines) is 1. The molecular formula is C8H16F3NO3S. The summed E-state index contributed by atoms with van der Waals surface area (Å²) in [6.45, 7) is 4.93. The zero-order valence-corrected chi connectivity index (χ0v) is 9.98. The van der Waals surface area contributed by atoms with E-state index in [0.717, 1.165) is 5.92 Å². The Morgan fingerprint density at radius 2 is 1.88 bits per heavy atom. The highest BCUT2D eigenvalue weighted by molar-refractivity contribution is 7.86. The summed E-state index contributed by atoms with van der Waals surface area (Å²) in [6, 6.07) is 0. The maximum Gasteiger partial charge on any atom is 0.522 e. The summed E-state index contributed by atoms with van der Waals surface area (Å²) in [5.74, 6) is 1.000. The van der Waals surface area contributed by atoms with Crippen molar-refractivity contribution < 1.29 is 26.1 Å². The highest BCUT2D eigenvalue weighted by Gasteiger charge is 2.44. The molecule has 0 amide bonds. The number of hydrogen-bond acceptors (Lipinski definition) is 3. The van der Waals surface area contributed by atoms with Crippen molar-refractivity contribution in [1.29, 1.82) is 0 Å². The largest absolute Gasteiger partial charge is 0.522 e. The van der Waals surface area contributed by atoms with Gasteiger partial charge in [-0.2, -0.15) is 21.6 Å². The van der Waals surface area contributed by atoms with Gasteiger partial charge in [-0.1, -0.05) is 13.3 Å². The molecule has 0 aromatic rings. The summed E-state index contributed by atoms with van der Waals surface area (Å²) in [7, 11) is -3.64. The molecule has 4 nitrogen and oxygen atoms in total. The number of hydrogen-bond donors (Lipinski definition) is 1. The van der Waals surface area contributed by atoms with E-state index < -0.39 is 15.6 Å². The van der Waals surface area contributed by atoms with Crippen molar-refractivity contribution in [2.45, 2.75) is 25.3 Å². The second-order valence-electron chi connectivity index (χ2n) is 3.75. The first-order valence-corrected chi connectivity index (χ1v) is 6.24. The van der Waals surface area contributed by atoms with E-state index in [1.54, 1.807) is 0 Å². The summed E-state index contributed by atoms with van der Waals surface area (Å²) < 4.78 is 57.5. The quantitative estimate of drug-likeness (QED) is 0.578. The van der Waals surface area contributed by atoms with Crippen LogP contribution in [0.3, 0.4) is 0 Å². The van der Waals surface area contributed by atoms with Crippen molar-refractivity contribution in [3.63, 3.8) is 0 Å². The molecule has 1 heterocycles. The fourth-order valence-corrected chi connectivity index (χ4v) is 1.36. The minimum Gasteiger partial charge on any atom is -0.306 e. The molecule has 0 radical (unpaired) electrons. The lowest BCUT2D eigenvalue weighted by molar-refractivity contribution is -0.0510. The fraction of sp³-hybridized carbons (Fsp3) is 1.00. The van der Waals surface area contributed by atoms with Crippen molar-refractivity contribution in [1.82, 2.24) is 4.90 Å². The maximum atomic E-state index is 10.7. The Kier molecular flexibility index (Phi) is 5.71. The lowest BCUT2D eigenvalue weighted by atomic mass is 10.1. The Hall–Kier alpha value is -0.340. The molecule has 0 aliphatic carbocycles. The zero-order valence-electron chi connectivity index (χ0n) is 9.16. The van der Waals surface area contributed by atoms with Gasteiger partial charge in [-0.25, -0.2) is 0 Å². The third-order valence-corrected chi connectivity index (χ3v) is 2.94. The van der Waals surface area contributed by atoms with Crippen molar-refractivity contribution in [3.8, 4) is 0 Å². The Labute approximate surface area is 93.2 Å². The predicted molar refractivity (Wildman–Crippen MR) is 53.5 cm³/mol. The van der Waals surface area contributed by atoms with Crippen molar-refractivity contribution >= 4 is 10.1 Å². The average molecular weight is 263 g/mol. The van der Waals surface area contributed by atoms with E-state index in [9.17, 15) is 13.2 Å². The van der Waals surface area contributed by atoms with Gasteiger partial charge < -0.3 is 4.90 Å². The predicted octanol–water partition coefficient (Wildman–Crippen LogP) is 1.74. The van der Waals surface area contributed by atoms with Crippen molar-refractivity contribution in [2.75, 3.05) is 20.1 Å². The van der Waals surface area contributed by atoms with Gasteiger partial charge in [0.15, 0.2) is 0 Å². The Morgan fingerprint density at radius 3 is 2.00 bits per heavy atom. The molecule has 0 aromatic carbocycles. The van der Waals surface area contributed by atoms with Crippen LogP contribution in [-0.2, 0) is 10.1 Å². The van der Waals surface area contributed by atoms with Crippen LogP contribution in [0.4, 0.5) is 13.2 Å². The molecule has 0 bridgehead atoms. The summed E-state index contributed by atoms with van der Waals surface area (Å²) in [6.07, 6.45) is 2.79. The number of alkyl halides is 3. The number of nitrogens with zero attached hydrogens (tertiary/aromatic N) is 1. The van der Waals surface area contributed by atoms with Crippen LogP contribution in [-0.4, -0.2) is 43.5 Å². The Morgan fingerprint density at radius 1 is 1.44 bits per heavy atom. The van der Waals surface area contributed by atoms with Crippen LogP contribution in [0.5, 0.6) is 0 Å². The molecular weight excluding hydrogens is 247 g/mol. The van der Waals surface area contributed by atoms with Crippen molar-refractivity contribution in [3.05, 3.63) is 0 Å². The summed E-state index contributed by atoms with van der Waals surface area (Å²) in [4.78, 5) is 2.41. The van der Waals surface area contributed by atoms with E-state index in [1.807, 2.05) is 0 Å². The van der Waals surface area contributed by atoms with Gasteiger partial charge in [0.25, 0.3) is 0 Å². The molecule has 1 rings (SSSR count). The first-order chi connectivity index (χ1) is 7.08. The average Bonchev–Trinajstić information content (AvgIpc) is 2.48. The molecule has 0 aromatic heterocycles. The van der Waals surface area contributed by atoms with Gasteiger partial charge >= 0.3 is 15.6 Å². The Balaban J connectivity index is 0.000000281. The molecule has 98 valence electrons. The van der Waals surface area contributed by atoms with Gasteiger partial charge in [-0.15, -0.1) is 0 Å². The summed E-state index contributed by atoms with van der Waals surface area (Å²) in [5.41, 5.74) is -5.53. The molecule has 1 fully saturated rings. The minimum absolute atomic E-state index is 1.000. The normalized spacial score (nSPS) is 22.8. The molecule has 1 saturated heterocycles. The molecule has 8 heteroatoms. The molecule has 16 heavy (non-hydrogen) atoms. The topological polar surface area (TPSA) is 57.6 Å². The smallest absolute Gasteiger partial charge is 0.306 e. The van der Waals surface area contributed by atoms with Gasteiger partial charge in [0, 0.05) is 6.54 Å². The first kappa shape index (κ1) is 15.7. The van der Waals surface area contributed by atoms with Crippen molar-refractivity contribution in [2.24, 2.45) is 5.92 Å². The van der Waals surface area contributed by atoms with Gasteiger partial charge in [0.1, 0.15) is 0 Å². The van der Waals surface area contributed by atoms with Gasteiger partial charge in [0.05, 0.1) is 0 Å². The fourth-order valence-electron chi connectivity index (χ4n) is 1.36. The molecule has 1 unspecified atom stereocenters. The van der Waals surface area contributed by atoms with Crippen LogP contribution < -0.4 is 0 Å². The van der Waals surface area contributed by atoms with Crippen LogP contribution in [0.2, 0.25) is 0 Å². The van der Waals surface area contributed by atoms with Crippen LogP contribution in [0, 0.1) is 5.92 Å². The SMILES string of the molecule is CCC1CCN(C)C1.O=S(=O)(O)C(F)(F)F. The molecule has 1 aliphatic rings. The third-order valence-electron chi connectivity index (χ3n) is 2.36. The highest BCUT2D eigenvalue weighted by Crippen LogP contribution is 2.20. The molecule has 1 atom stereocenters. The third kappa shape index (κ3) is 5.66. The van der Waals surface area contributed by atoms with Crippen LogP contribution in [0.1, 0.15) is 19.8 Å². The van der Waals surface area contributed by atoms with Crippen LogP contribution in [0.25, 0.3) is 0 Å². The second kappa shape index (κ2) is 5.83. The highest BCUT2D eigenvalue weighted by atomic mass is 32.2. The maximum absolute atomic E-state index is 10.7. The van der Waals surface area contributed by atoms with Crippen LogP contribution in [0.15, 0.2) is 0 Å². The molecule has 0 spiro atoms. The second-order valence-corrected chi connectivity index (χ2v) is 5.16. The lowest BCUT2D eigenvalue weighted by Gasteiger charge is -2.05. The zero-order chi connectivity index (χ0) is 13.0. The van der Waals surface area contributed by atoms with E-state index in [1.165, 1.54) is 25.9 Å². The summed E-state index contributed by atoms with van der Waals surface area (Å²) in [5, 5.41) is 0. The summed E-state index contributed by atoms with van der Waals surface area (Å²) >= 11 is 0. The molecule has 1 aliphatic heterocycles. The van der Waals surface area contributed by atoms with Crippen LogP contribution >= 0.6 is 0 Å². The monoisotopic (exact) mass is 263 g/mol. The molecule has 0 saturated carbocycles. The van der Waals surface area contributed by atoms with Gasteiger partial charge in [-0.05, 0) is 25.9 Å². The molecule has 1 N–H and O–H groups in total. The van der Waals surface area contributed by atoms with E-state index in [4.69, 9.17) is 13.0 Å². The number of rotatable bonds is 1. The first-order valence-electron chi connectivity index (χ1n) is 4.80. The Bertz CT molecular complexity index is 302. The van der Waals surface area contributed by atoms with E-state index in [2.05, 4.69) is 18.9 Å². The van der Waals surface area contributed by atoms with Gasteiger partial charge in [-0.3, -0.25) is 4.55 Å². The van der Waals surface area contributed by atoms with E-state index >= 15 is 0 Å². The minimum atomic E-state index is -5.84. The lowest BCUT2D eigenvalue weighted by Crippen LogP contribution is -2.21.